The summed E-state index contributed by atoms with van der Waals surface area (Å²) in [7, 11) is 0. The highest BCUT2D eigenvalue weighted by molar-refractivity contribution is 6.34. The van der Waals surface area contributed by atoms with Crippen molar-refractivity contribution in [3.8, 4) is 17.3 Å². The van der Waals surface area contributed by atoms with Crippen LogP contribution in [-0.4, -0.2) is 22.0 Å². The number of aryl methyl sites for hydroxylation is 2. The van der Waals surface area contributed by atoms with Gasteiger partial charge in [-0.1, -0.05) is 23.2 Å². The maximum absolute atomic E-state index is 12.4. The van der Waals surface area contributed by atoms with Crippen LogP contribution in [0.4, 0.5) is 0 Å². The summed E-state index contributed by atoms with van der Waals surface area (Å²) in [6.07, 6.45) is 0. The van der Waals surface area contributed by atoms with Gasteiger partial charge in [-0.05, 0) is 63.6 Å². The second-order valence-corrected chi connectivity index (χ2v) is 10.4. The number of halogens is 2. The largest absolute Gasteiger partial charge is 0.493 e. The fourth-order valence-corrected chi connectivity index (χ4v) is 5.71. The summed E-state index contributed by atoms with van der Waals surface area (Å²) in [5.74, 6) is 1.13. The zero-order valence-corrected chi connectivity index (χ0v) is 20.6. The Bertz CT molecular complexity index is 1550. The molecule has 6 nitrogen and oxygen atoms in total. The van der Waals surface area contributed by atoms with E-state index in [9.17, 15) is 4.79 Å². The molecule has 0 amide bonds. The van der Waals surface area contributed by atoms with Gasteiger partial charge in [0.25, 0.3) is 0 Å². The van der Waals surface area contributed by atoms with Gasteiger partial charge in [0.1, 0.15) is 16.9 Å². The van der Waals surface area contributed by atoms with Crippen molar-refractivity contribution in [2.75, 3.05) is 6.61 Å². The van der Waals surface area contributed by atoms with Gasteiger partial charge in [0, 0.05) is 39.4 Å². The van der Waals surface area contributed by atoms with Crippen LogP contribution >= 0.6 is 23.2 Å². The lowest BCUT2D eigenvalue weighted by Gasteiger charge is -2.46. The predicted octanol–water partition coefficient (Wildman–Crippen LogP) is 6.21. The maximum atomic E-state index is 12.4. The Morgan fingerprint density at radius 3 is 2.68 bits per heavy atom. The number of hydrogen-bond donors (Lipinski definition) is 0. The van der Waals surface area contributed by atoms with Crippen molar-refractivity contribution >= 4 is 34.2 Å². The van der Waals surface area contributed by atoms with E-state index in [-0.39, 0.29) is 17.5 Å². The lowest BCUT2D eigenvalue weighted by Crippen LogP contribution is -2.49. The van der Waals surface area contributed by atoms with Gasteiger partial charge in [-0.25, -0.2) is 4.79 Å². The predicted molar refractivity (Wildman–Crippen MR) is 131 cm³/mol. The number of fused-ring (bicyclic) bond motifs is 7. The molecule has 2 aliphatic heterocycles. The molecule has 2 aliphatic rings. The van der Waals surface area contributed by atoms with Gasteiger partial charge >= 0.3 is 5.63 Å². The Morgan fingerprint density at radius 2 is 1.88 bits per heavy atom. The zero-order chi connectivity index (χ0) is 23.9. The van der Waals surface area contributed by atoms with Gasteiger partial charge in [0.15, 0.2) is 0 Å². The molecular weight excluding hydrogens is 475 g/mol. The van der Waals surface area contributed by atoms with Crippen molar-refractivity contribution in [2.24, 2.45) is 5.92 Å². The van der Waals surface area contributed by atoms with Crippen LogP contribution in [0.15, 0.2) is 45.6 Å². The molecule has 2 aromatic carbocycles. The van der Waals surface area contributed by atoms with Crippen molar-refractivity contribution in [2.45, 2.75) is 39.2 Å². The molecule has 0 saturated carbocycles. The maximum Gasteiger partial charge on any atom is 0.336 e. The minimum absolute atomic E-state index is 0.0323. The highest BCUT2D eigenvalue weighted by atomic mass is 35.5. The third kappa shape index (κ3) is 3.01. The van der Waals surface area contributed by atoms with Gasteiger partial charge in [-0.2, -0.15) is 9.78 Å². The van der Waals surface area contributed by atoms with E-state index in [1.54, 1.807) is 22.9 Å². The van der Waals surface area contributed by atoms with Gasteiger partial charge in [0.05, 0.1) is 23.0 Å². The number of hydrogen-bond acceptors (Lipinski definition) is 5. The molecule has 0 fully saturated rings. The molecule has 0 saturated heterocycles. The number of ether oxygens (including phenoxy) is 2. The van der Waals surface area contributed by atoms with Gasteiger partial charge in [0.2, 0.25) is 5.88 Å². The second-order valence-electron chi connectivity index (χ2n) is 9.51. The Labute approximate surface area is 206 Å². The van der Waals surface area contributed by atoms with E-state index in [2.05, 4.69) is 0 Å². The third-order valence-corrected chi connectivity index (χ3v) is 7.57. The highest BCUT2D eigenvalue weighted by Gasteiger charge is 2.51. The molecule has 174 valence electrons. The van der Waals surface area contributed by atoms with E-state index in [4.69, 9.17) is 42.2 Å². The van der Waals surface area contributed by atoms with Gasteiger partial charge in [-0.15, -0.1) is 0 Å². The number of rotatable bonds is 1. The van der Waals surface area contributed by atoms with Crippen LogP contribution in [0.1, 0.15) is 42.1 Å². The summed E-state index contributed by atoms with van der Waals surface area (Å²) >= 11 is 12.8. The molecule has 4 aromatic rings. The Balaban J connectivity index is 1.69. The van der Waals surface area contributed by atoms with Crippen LogP contribution in [-0.2, 0) is 0 Å². The lowest BCUT2D eigenvalue weighted by molar-refractivity contribution is -0.0184. The highest BCUT2D eigenvalue weighted by Crippen LogP contribution is 2.55. The van der Waals surface area contributed by atoms with Gasteiger partial charge < -0.3 is 13.9 Å². The summed E-state index contributed by atoms with van der Waals surface area (Å²) < 4.78 is 20.3. The van der Waals surface area contributed by atoms with E-state index in [1.165, 1.54) is 6.07 Å². The van der Waals surface area contributed by atoms with Crippen LogP contribution in [0.5, 0.6) is 11.6 Å². The van der Waals surface area contributed by atoms with E-state index in [1.807, 2.05) is 39.8 Å². The van der Waals surface area contributed by atoms with Crippen molar-refractivity contribution in [1.29, 1.82) is 0 Å². The average Bonchev–Trinajstić information content (AvgIpc) is 3.09. The zero-order valence-electron chi connectivity index (χ0n) is 19.1. The minimum atomic E-state index is -0.600. The van der Waals surface area contributed by atoms with Crippen LogP contribution in [0.2, 0.25) is 10.0 Å². The summed E-state index contributed by atoms with van der Waals surface area (Å²) in [5, 5.41) is 6.77. The van der Waals surface area contributed by atoms with Crippen molar-refractivity contribution in [1.82, 2.24) is 9.78 Å². The summed E-state index contributed by atoms with van der Waals surface area (Å²) in [5.41, 5.74) is 3.65. The van der Waals surface area contributed by atoms with E-state index < -0.39 is 5.60 Å². The fraction of sp³-hybridized carbons (Fsp3) is 0.308. The summed E-state index contributed by atoms with van der Waals surface area (Å²) in [6.45, 7) is 8.42. The smallest absolute Gasteiger partial charge is 0.336 e. The summed E-state index contributed by atoms with van der Waals surface area (Å²) in [6, 6.07) is 10.7. The first kappa shape index (κ1) is 21.6. The SMILES string of the molecule is Cc1nn(-c2cc(Cl)ccc2Cl)c2c1[C@H]1c3c(ccc4c(C)cc(=O)oc34)OC[C@H]1C(C)(C)O2. The molecule has 0 N–H and O–H groups in total. The van der Waals surface area contributed by atoms with E-state index in [0.717, 1.165) is 27.8 Å². The van der Waals surface area contributed by atoms with Crippen molar-refractivity contribution in [3.63, 3.8) is 0 Å². The Morgan fingerprint density at radius 1 is 1.09 bits per heavy atom. The average molecular weight is 497 g/mol. The number of nitrogens with zero attached hydrogens (tertiary/aromatic N) is 2. The molecule has 0 spiro atoms. The minimum Gasteiger partial charge on any atom is -0.493 e. The molecule has 6 rings (SSSR count). The van der Waals surface area contributed by atoms with Crippen molar-refractivity contribution < 1.29 is 13.9 Å². The quantitative estimate of drug-likeness (QED) is 0.293. The lowest BCUT2D eigenvalue weighted by atomic mass is 9.70. The second kappa shape index (κ2) is 7.27. The Kier molecular flexibility index (Phi) is 4.61. The fourth-order valence-electron chi connectivity index (χ4n) is 5.34. The third-order valence-electron chi connectivity index (χ3n) is 7.01. The molecule has 0 radical (unpaired) electrons. The van der Waals surface area contributed by atoms with E-state index in [0.29, 0.717) is 39.6 Å². The van der Waals surface area contributed by atoms with Crippen molar-refractivity contribution in [3.05, 3.63) is 79.2 Å². The Hall–Kier alpha value is -2.96. The molecule has 2 aromatic heterocycles. The first-order valence-electron chi connectivity index (χ1n) is 11.1. The van der Waals surface area contributed by atoms with Crippen LogP contribution in [0.3, 0.4) is 0 Å². The standard InChI is InChI=1S/C26H22Cl2N2O4/c1-12-9-20(31)33-24-15(12)6-8-19-23(24)22-16(11-32-19)26(3,4)34-25-21(22)13(2)29-30(25)18-10-14(27)5-7-17(18)28/h5-10,16,22H,11H2,1-4H3/t16-,22+/m1/s1. The number of benzene rings is 2. The number of aromatic nitrogens is 2. The monoisotopic (exact) mass is 496 g/mol. The first-order chi connectivity index (χ1) is 16.2. The molecule has 0 unspecified atom stereocenters. The molecular formula is C26H22Cl2N2O4. The molecule has 8 heteroatoms. The molecule has 0 bridgehead atoms. The van der Waals surface area contributed by atoms with Gasteiger partial charge in [-0.3, -0.25) is 0 Å². The van der Waals surface area contributed by atoms with Crippen LogP contribution < -0.4 is 15.1 Å². The van der Waals surface area contributed by atoms with Crippen LogP contribution in [0, 0.1) is 19.8 Å². The first-order valence-corrected chi connectivity index (χ1v) is 11.9. The molecule has 34 heavy (non-hydrogen) atoms. The molecule has 0 aliphatic carbocycles. The topological polar surface area (TPSA) is 66.5 Å². The molecule has 2 atom stereocenters. The molecule has 4 heterocycles. The van der Waals surface area contributed by atoms with E-state index >= 15 is 0 Å². The summed E-state index contributed by atoms with van der Waals surface area (Å²) in [4.78, 5) is 12.4. The normalized spacial score (nSPS) is 20.2. The van der Waals surface area contributed by atoms with Crippen LogP contribution in [0.25, 0.3) is 16.7 Å².